The van der Waals surface area contributed by atoms with Gasteiger partial charge in [-0.05, 0) is 48.2 Å². The summed E-state index contributed by atoms with van der Waals surface area (Å²) in [6.07, 6.45) is 3.20. The number of para-hydroxylation sites is 1. The number of aliphatic carboxylic acids is 1. The van der Waals surface area contributed by atoms with Crippen molar-refractivity contribution in [1.82, 2.24) is 9.88 Å². The van der Waals surface area contributed by atoms with Gasteiger partial charge in [-0.3, -0.25) is 14.7 Å². The number of pyridine rings is 1. The molecule has 1 aliphatic heterocycles. The maximum Gasteiger partial charge on any atom is 0.320 e. The zero-order valence-electron chi connectivity index (χ0n) is 17.9. The van der Waals surface area contributed by atoms with Crippen LogP contribution in [-0.2, 0) is 4.79 Å². The largest absolute Gasteiger partial charge is 0.493 e. The van der Waals surface area contributed by atoms with Gasteiger partial charge in [0.25, 0.3) is 0 Å². The fourth-order valence-electron chi connectivity index (χ4n) is 4.53. The van der Waals surface area contributed by atoms with Crippen molar-refractivity contribution in [2.24, 2.45) is 0 Å². The monoisotopic (exact) mass is 422 g/mol. The van der Waals surface area contributed by atoms with Gasteiger partial charge in [0.2, 0.25) is 5.75 Å². The molecule has 0 amide bonds. The Labute approximate surface area is 181 Å². The molecule has 1 saturated heterocycles. The third kappa shape index (κ3) is 3.77. The molecule has 1 aliphatic rings. The average molecular weight is 422 g/mol. The minimum atomic E-state index is -0.812. The number of hydrogen-bond donors (Lipinski definition) is 1. The molecule has 1 fully saturated rings. The summed E-state index contributed by atoms with van der Waals surface area (Å²) in [5.74, 6) is 0.758. The second-order valence-corrected chi connectivity index (χ2v) is 7.51. The zero-order chi connectivity index (χ0) is 22.0. The first-order chi connectivity index (χ1) is 15.1. The number of aromatic nitrogens is 1. The first kappa shape index (κ1) is 20.9. The molecular formula is C24H26N2O5. The van der Waals surface area contributed by atoms with Gasteiger partial charge in [-0.2, -0.15) is 0 Å². The molecule has 7 heteroatoms. The van der Waals surface area contributed by atoms with Crippen molar-refractivity contribution in [2.45, 2.75) is 24.9 Å². The molecule has 2 heterocycles. The maximum absolute atomic E-state index is 12.1. The summed E-state index contributed by atoms with van der Waals surface area (Å²) in [4.78, 5) is 18.6. The predicted octanol–water partition coefficient (Wildman–Crippen LogP) is 3.90. The number of nitrogens with zero attached hydrogens (tertiary/aromatic N) is 2. The Morgan fingerprint density at radius 3 is 2.45 bits per heavy atom. The second kappa shape index (κ2) is 8.81. The van der Waals surface area contributed by atoms with Crippen LogP contribution in [-0.4, -0.2) is 54.9 Å². The summed E-state index contributed by atoms with van der Waals surface area (Å²) < 4.78 is 16.6. The molecule has 2 atom stereocenters. The van der Waals surface area contributed by atoms with Crippen molar-refractivity contribution >= 4 is 16.9 Å². The van der Waals surface area contributed by atoms with Crippen molar-refractivity contribution in [3.05, 3.63) is 59.8 Å². The molecule has 2 unspecified atom stereocenters. The Kier molecular flexibility index (Phi) is 5.95. The Bertz CT molecular complexity index is 1070. The van der Waals surface area contributed by atoms with Gasteiger partial charge in [-0.25, -0.2) is 0 Å². The maximum atomic E-state index is 12.1. The molecule has 4 rings (SSSR count). The van der Waals surface area contributed by atoms with Crippen LogP contribution in [0.1, 0.15) is 30.0 Å². The summed E-state index contributed by atoms with van der Waals surface area (Å²) >= 11 is 0. The lowest BCUT2D eigenvalue weighted by Crippen LogP contribution is -2.39. The van der Waals surface area contributed by atoms with E-state index in [4.69, 9.17) is 14.2 Å². The fourth-order valence-corrected chi connectivity index (χ4v) is 4.53. The number of carboxylic acids is 1. The summed E-state index contributed by atoms with van der Waals surface area (Å²) in [5, 5.41) is 10.9. The van der Waals surface area contributed by atoms with Crippen LogP contribution in [0.3, 0.4) is 0 Å². The predicted molar refractivity (Wildman–Crippen MR) is 117 cm³/mol. The van der Waals surface area contributed by atoms with Gasteiger partial charge in [0.1, 0.15) is 6.04 Å². The molecule has 0 aliphatic carbocycles. The Morgan fingerprint density at radius 1 is 1.10 bits per heavy atom. The SMILES string of the molecule is COc1cc(C(c2ccnc3ccccc23)N2CCCC2C(=O)O)cc(OC)c1OC. The highest BCUT2D eigenvalue weighted by Crippen LogP contribution is 2.44. The Balaban J connectivity index is 1.97. The smallest absolute Gasteiger partial charge is 0.320 e. The van der Waals surface area contributed by atoms with E-state index >= 15 is 0 Å². The standard InChI is InChI=1S/C24H26N2O5/c1-29-20-13-15(14-21(30-2)23(20)31-3)22(26-12-6-9-19(26)24(27)28)17-10-11-25-18-8-5-4-7-16(17)18/h4-5,7-8,10-11,13-14,19,22H,6,9,12H2,1-3H3,(H,27,28). The summed E-state index contributed by atoms with van der Waals surface area (Å²) in [7, 11) is 4.72. The minimum absolute atomic E-state index is 0.315. The molecule has 3 aromatic rings. The van der Waals surface area contributed by atoms with E-state index in [1.807, 2.05) is 47.4 Å². The van der Waals surface area contributed by atoms with Gasteiger partial charge < -0.3 is 19.3 Å². The van der Waals surface area contributed by atoms with Crippen LogP contribution in [0.5, 0.6) is 17.2 Å². The third-order valence-corrected chi connectivity index (χ3v) is 5.89. The molecule has 7 nitrogen and oxygen atoms in total. The number of rotatable bonds is 7. The van der Waals surface area contributed by atoms with Crippen molar-refractivity contribution in [2.75, 3.05) is 27.9 Å². The first-order valence-corrected chi connectivity index (χ1v) is 10.2. The van der Waals surface area contributed by atoms with E-state index in [2.05, 4.69) is 4.98 Å². The summed E-state index contributed by atoms with van der Waals surface area (Å²) in [6, 6.07) is 12.8. The number of methoxy groups -OCH3 is 3. The van der Waals surface area contributed by atoms with Crippen molar-refractivity contribution in [1.29, 1.82) is 0 Å². The number of likely N-dealkylation sites (tertiary alicyclic amines) is 1. The van der Waals surface area contributed by atoms with Gasteiger partial charge in [0.15, 0.2) is 11.5 Å². The quantitative estimate of drug-likeness (QED) is 0.618. The Hall–Kier alpha value is -3.32. The molecule has 162 valence electrons. The van der Waals surface area contributed by atoms with Crippen LogP contribution in [0.25, 0.3) is 10.9 Å². The van der Waals surface area contributed by atoms with Crippen LogP contribution < -0.4 is 14.2 Å². The van der Waals surface area contributed by atoms with Crippen molar-refractivity contribution in [3.63, 3.8) is 0 Å². The second-order valence-electron chi connectivity index (χ2n) is 7.51. The van der Waals surface area contributed by atoms with Crippen molar-refractivity contribution in [3.8, 4) is 17.2 Å². The average Bonchev–Trinajstić information content (AvgIpc) is 3.28. The molecule has 1 aromatic heterocycles. The van der Waals surface area contributed by atoms with Crippen molar-refractivity contribution < 1.29 is 24.1 Å². The van der Waals surface area contributed by atoms with Crippen LogP contribution in [0.2, 0.25) is 0 Å². The molecule has 0 spiro atoms. The van der Waals surface area contributed by atoms with Gasteiger partial charge >= 0.3 is 5.97 Å². The van der Waals surface area contributed by atoms with Crippen LogP contribution >= 0.6 is 0 Å². The van der Waals surface area contributed by atoms with Gasteiger partial charge in [-0.1, -0.05) is 18.2 Å². The van der Waals surface area contributed by atoms with E-state index in [9.17, 15) is 9.90 Å². The highest BCUT2D eigenvalue weighted by atomic mass is 16.5. The summed E-state index contributed by atoms with van der Waals surface area (Å²) in [5.41, 5.74) is 2.73. The zero-order valence-corrected chi connectivity index (χ0v) is 17.9. The molecule has 31 heavy (non-hydrogen) atoms. The number of carbonyl (C=O) groups is 1. The van der Waals surface area contributed by atoms with Gasteiger partial charge in [0.05, 0.1) is 32.9 Å². The highest BCUT2D eigenvalue weighted by Gasteiger charge is 2.38. The van der Waals surface area contributed by atoms with E-state index in [-0.39, 0.29) is 6.04 Å². The lowest BCUT2D eigenvalue weighted by Gasteiger charge is -2.33. The minimum Gasteiger partial charge on any atom is -0.493 e. The van der Waals surface area contributed by atoms with Gasteiger partial charge in [0, 0.05) is 18.1 Å². The third-order valence-electron chi connectivity index (χ3n) is 5.89. The lowest BCUT2D eigenvalue weighted by molar-refractivity contribution is -0.142. The number of ether oxygens (including phenoxy) is 3. The first-order valence-electron chi connectivity index (χ1n) is 10.2. The van der Waals surface area contributed by atoms with Gasteiger partial charge in [-0.15, -0.1) is 0 Å². The molecule has 2 aromatic carbocycles. The van der Waals surface area contributed by atoms with E-state index in [1.165, 1.54) is 0 Å². The molecule has 0 saturated carbocycles. The van der Waals surface area contributed by atoms with Crippen LogP contribution in [0.15, 0.2) is 48.7 Å². The molecular weight excluding hydrogens is 396 g/mol. The Morgan fingerprint density at radius 2 is 1.81 bits per heavy atom. The van der Waals surface area contributed by atoms with Crippen LogP contribution in [0, 0.1) is 0 Å². The normalized spacial score (nSPS) is 17.5. The number of hydrogen-bond acceptors (Lipinski definition) is 6. The molecule has 1 N–H and O–H groups in total. The van der Waals surface area contributed by atoms with E-state index in [0.29, 0.717) is 30.2 Å². The van der Waals surface area contributed by atoms with Crippen LogP contribution in [0.4, 0.5) is 0 Å². The lowest BCUT2D eigenvalue weighted by atomic mass is 9.93. The molecule has 0 bridgehead atoms. The molecule has 0 radical (unpaired) electrons. The van der Waals surface area contributed by atoms with E-state index < -0.39 is 12.0 Å². The van der Waals surface area contributed by atoms with E-state index in [1.54, 1.807) is 27.5 Å². The highest BCUT2D eigenvalue weighted by molar-refractivity contribution is 5.83. The number of fused-ring (bicyclic) bond motifs is 1. The summed E-state index contributed by atoms with van der Waals surface area (Å²) in [6.45, 7) is 0.676. The number of benzene rings is 2. The fraction of sp³-hybridized carbons (Fsp3) is 0.333. The topological polar surface area (TPSA) is 81.1 Å². The van der Waals surface area contributed by atoms with E-state index in [0.717, 1.165) is 28.5 Å². The number of carboxylic acid groups (broad SMARTS) is 1.